The molecular formula is C5H18N2O. The van der Waals surface area contributed by atoms with E-state index in [-0.39, 0.29) is 12.8 Å². The fourth-order valence-electron chi connectivity index (χ4n) is 0. The Kier molecular flexibility index (Phi) is 30.9. The van der Waals surface area contributed by atoms with Crippen LogP contribution in [0.25, 0.3) is 0 Å². The third-order valence-electron chi connectivity index (χ3n) is 0. The zero-order valence-corrected chi connectivity index (χ0v) is 6.31. The summed E-state index contributed by atoms with van der Waals surface area (Å²) in [4.78, 5) is 2.00. The average molecular weight is 122 g/mol. The third-order valence-corrected chi connectivity index (χ3v) is 0. The van der Waals surface area contributed by atoms with E-state index in [4.69, 9.17) is 5.11 Å². The van der Waals surface area contributed by atoms with Gasteiger partial charge in [0, 0.05) is 6.61 Å². The van der Waals surface area contributed by atoms with Gasteiger partial charge in [-0.05, 0) is 28.1 Å². The van der Waals surface area contributed by atoms with Gasteiger partial charge in [-0.1, -0.05) is 0 Å². The SMILES string of the molecule is CCO.CN(C)C.N. The Labute approximate surface area is 51.9 Å². The molecule has 3 nitrogen and oxygen atoms in total. The number of aliphatic hydroxyl groups is 1. The second-order valence-electron chi connectivity index (χ2n) is 1.66. The summed E-state index contributed by atoms with van der Waals surface area (Å²) in [5.41, 5.74) is 0. The highest BCUT2D eigenvalue weighted by molar-refractivity contribution is 4.09. The number of nitrogens with zero attached hydrogens (tertiary/aromatic N) is 1. The van der Waals surface area contributed by atoms with E-state index in [1.54, 1.807) is 6.92 Å². The summed E-state index contributed by atoms with van der Waals surface area (Å²) >= 11 is 0. The van der Waals surface area contributed by atoms with Crippen LogP contribution in [0.4, 0.5) is 0 Å². The van der Waals surface area contributed by atoms with Gasteiger partial charge in [0.15, 0.2) is 0 Å². The molecular weight excluding hydrogens is 104 g/mol. The molecule has 0 bridgehead atoms. The highest BCUT2D eigenvalue weighted by Crippen LogP contribution is 1.47. The Morgan fingerprint density at radius 1 is 1.25 bits per heavy atom. The Morgan fingerprint density at radius 2 is 1.25 bits per heavy atom. The Balaban J connectivity index is -0.0000000575. The molecule has 0 saturated carbocycles. The quantitative estimate of drug-likeness (QED) is 0.487. The van der Waals surface area contributed by atoms with Gasteiger partial charge in [-0.25, -0.2) is 0 Å². The van der Waals surface area contributed by atoms with E-state index in [0.29, 0.717) is 0 Å². The molecule has 3 heteroatoms. The lowest BCUT2D eigenvalue weighted by Gasteiger charge is -1.90. The van der Waals surface area contributed by atoms with Crippen LogP contribution in [0.3, 0.4) is 0 Å². The largest absolute Gasteiger partial charge is 0.397 e. The molecule has 0 heterocycles. The number of hydrogen-bond acceptors (Lipinski definition) is 3. The first-order valence-electron chi connectivity index (χ1n) is 2.36. The van der Waals surface area contributed by atoms with Crippen molar-refractivity contribution in [2.75, 3.05) is 27.7 Å². The molecule has 0 aliphatic rings. The fourth-order valence-corrected chi connectivity index (χ4v) is 0. The summed E-state index contributed by atoms with van der Waals surface area (Å²) in [6, 6.07) is 0. The maximum absolute atomic E-state index is 7.57. The van der Waals surface area contributed by atoms with Gasteiger partial charge in [0.2, 0.25) is 0 Å². The smallest absolute Gasteiger partial charge is 0.0402 e. The first-order chi connectivity index (χ1) is 3.15. The second kappa shape index (κ2) is 15.8. The monoisotopic (exact) mass is 122 g/mol. The molecule has 0 rings (SSSR count). The van der Waals surface area contributed by atoms with Crippen molar-refractivity contribution >= 4 is 0 Å². The van der Waals surface area contributed by atoms with Crippen LogP contribution in [0.2, 0.25) is 0 Å². The maximum Gasteiger partial charge on any atom is 0.0402 e. The van der Waals surface area contributed by atoms with Gasteiger partial charge in [-0.2, -0.15) is 0 Å². The van der Waals surface area contributed by atoms with Crippen LogP contribution in [0.1, 0.15) is 6.92 Å². The van der Waals surface area contributed by atoms with Gasteiger partial charge in [-0.3, -0.25) is 0 Å². The molecule has 0 atom stereocenters. The van der Waals surface area contributed by atoms with Gasteiger partial charge in [0.25, 0.3) is 0 Å². The number of rotatable bonds is 0. The van der Waals surface area contributed by atoms with Gasteiger partial charge < -0.3 is 16.2 Å². The van der Waals surface area contributed by atoms with Crippen molar-refractivity contribution in [3.63, 3.8) is 0 Å². The molecule has 0 aromatic heterocycles. The summed E-state index contributed by atoms with van der Waals surface area (Å²) in [6.45, 7) is 1.93. The molecule has 0 spiro atoms. The van der Waals surface area contributed by atoms with E-state index in [1.165, 1.54) is 0 Å². The predicted octanol–water partition coefficient (Wildman–Crippen LogP) is 0.338. The predicted molar refractivity (Wildman–Crippen MR) is 37.4 cm³/mol. The molecule has 4 N–H and O–H groups in total. The Hall–Kier alpha value is -0.120. The molecule has 0 aliphatic heterocycles. The zero-order chi connectivity index (χ0) is 6.28. The van der Waals surface area contributed by atoms with E-state index in [2.05, 4.69) is 0 Å². The Morgan fingerprint density at radius 3 is 1.25 bits per heavy atom. The average Bonchev–Trinajstić information content (AvgIpc) is 1.33. The maximum atomic E-state index is 7.57. The van der Waals surface area contributed by atoms with Gasteiger partial charge >= 0.3 is 0 Å². The van der Waals surface area contributed by atoms with Crippen LogP contribution >= 0.6 is 0 Å². The Bertz CT molecular complexity index is 21.6. The van der Waals surface area contributed by atoms with Crippen molar-refractivity contribution in [1.29, 1.82) is 0 Å². The van der Waals surface area contributed by atoms with Crippen molar-refractivity contribution < 1.29 is 5.11 Å². The molecule has 0 fully saturated rings. The van der Waals surface area contributed by atoms with Crippen molar-refractivity contribution in [3.8, 4) is 0 Å². The summed E-state index contributed by atoms with van der Waals surface area (Å²) in [5, 5.41) is 7.57. The zero-order valence-electron chi connectivity index (χ0n) is 6.31. The van der Waals surface area contributed by atoms with Gasteiger partial charge in [-0.15, -0.1) is 0 Å². The van der Waals surface area contributed by atoms with Crippen molar-refractivity contribution in [1.82, 2.24) is 11.1 Å². The molecule has 0 saturated heterocycles. The van der Waals surface area contributed by atoms with Crippen LogP contribution in [-0.2, 0) is 0 Å². The molecule has 0 amide bonds. The van der Waals surface area contributed by atoms with E-state index in [0.717, 1.165) is 0 Å². The number of hydrogen-bond donors (Lipinski definition) is 2. The molecule has 0 unspecified atom stereocenters. The van der Waals surface area contributed by atoms with Gasteiger partial charge in [0.05, 0.1) is 0 Å². The van der Waals surface area contributed by atoms with E-state index < -0.39 is 0 Å². The topological polar surface area (TPSA) is 58.5 Å². The summed E-state index contributed by atoms with van der Waals surface area (Å²) in [7, 11) is 6.00. The van der Waals surface area contributed by atoms with Crippen molar-refractivity contribution in [2.45, 2.75) is 6.92 Å². The van der Waals surface area contributed by atoms with Crippen molar-refractivity contribution in [2.24, 2.45) is 0 Å². The minimum Gasteiger partial charge on any atom is -0.397 e. The minimum atomic E-state index is 0. The molecule has 0 aliphatic carbocycles. The standard InChI is InChI=1S/C3H9N.C2H6O.H3N/c1-4(2)3;1-2-3;/h1-3H3;3H,2H2,1H3;1H3. The van der Waals surface area contributed by atoms with E-state index >= 15 is 0 Å². The summed E-state index contributed by atoms with van der Waals surface area (Å²) in [6.07, 6.45) is 0. The minimum absolute atomic E-state index is 0. The third kappa shape index (κ3) is 9720. The highest BCUT2D eigenvalue weighted by Gasteiger charge is 1.58. The van der Waals surface area contributed by atoms with Crippen LogP contribution in [0, 0.1) is 0 Å². The molecule has 54 valence electrons. The first kappa shape index (κ1) is 15.7. The first-order valence-corrected chi connectivity index (χ1v) is 2.36. The second-order valence-corrected chi connectivity index (χ2v) is 1.66. The number of aliphatic hydroxyl groups excluding tert-OH is 1. The van der Waals surface area contributed by atoms with Crippen LogP contribution < -0.4 is 6.15 Å². The normalized spacial score (nSPS) is 6.75. The summed E-state index contributed by atoms with van der Waals surface area (Å²) < 4.78 is 0. The van der Waals surface area contributed by atoms with E-state index in [1.807, 2.05) is 26.0 Å². The summed E-state index contributed by atoms with van der Waals surface area (Å²) in [5.74, 6) is 0. The van der Waals surface area contributed by atoms with Crippen LogP contribution in [0.15, 0.2) is 0 Å². The van der Waals surface area contributed by atoms with Gasteiger partial charge in [0.1, 0.15) is 0 Å². The van der Waals surface area contributed by atoms with Crippen LogP contribution in [0.5, 0.6) is 0 Å². The molecule has 0 aromatic rings. The molecule has 0 radical (unpaired) electrons. The fraction of sp³-hybridized carbons (Fsp3) is 1.00. The lowest BCUT2D eigenvalue weighted by Crippen LogP contribution is -1.99. The lowest BCUT2D eigenvalue weighted by atomic mass is 10.9. The van der Waals surface area contributed by atoms with E-state index in [9.17, 15) is 0 Å². The highest BCUT2D eigenvalue weighted by atomic mass is 16.2. The van der Waals surface area contributed by atoms with Crippen LogP contribution in [-0.4, -0.2) is 37.8 Å². The lowest BCUT2D eigenvalue weighted by molar-refractivity contribution is 0.318. The molecule has 8 heavy (non-hydrogen) atoms. The van der Waals surface area contributed by atoms with Crippen molar-refractivity contribution in [3.05, 3.63) is 0 Å². The molecule has 0 aromatic carbocycles.